The molecular formula is C11H12N4O. The van der Waals surface area contributed by atoms with Crippen molar-refractivity contribution in [1.82, 2.24) is 14.8 Å². The summed E-state index contributed by atoms with van der Waals surface area (Å²) in [6.07, 6.45) is 3.02. The van der Waals surface area contributed by atoms with E-state index in [1.54, 1.807) is 36.1 Å². The molecule has 82 valence electrons. The fraction of sp³-hybridized carbons (Fsp3) is 0.182. The van der Waals surface area contributed by atoms with Gasteiger partial charge < -0.3 is 5.73 Å². The molecule has 1 heterocycles. The van der Waals surface area contributed by atoms with Gasteiger partial charge in [0.1, 0.15) is 12.7 Å². The topological polar surface area (TPSA) is 73.8 Å². The monoisotopic (exact) mass is 216 g/mol. The molecular weight excluding hydrogens is 204 g/mol. The summed E-state index contributed by atoms with van der Waals surface area (Å²) in [6.45, 7) is 1.67. The van der Waals surface area contributed by atoms with E-state index >= 15 is 0 Å². The number of benzene rings is 1. The van der Waals surface area contributed by atoms with Crippen LogP contribution in [0.15, 0.2) is 36.9 Å². The SMILES string of the molecule is CC(N)C(=O)c1cccc(-n2cncn2)c1. The Bertz CT molecular complexity index is 490. The Morgan fingerprint density at radius 1 is 1.50 bits per heavy atom. The Morgan fingerprint density at radius 3 is 2.94 bits per heavy atom. The molecule has 16 heavy (non-hydrogen) atoms. The smallest absolute Gasteiger partial charge is 0.179 e. The molecule has 1 unspecified atom stereocenters. The summed E-state index contributed by atoms with van der Waals surface area (Å²) < 4.78 is 1.60. The van der Waals surface area contributed by atoms with Gasteiger partial charge in [0.15, 0.2) is 5.78 Å². The molecule has 0 saturated carbocycles. The minimum absolute atomic E-state index is 0.0815. The highest BCUT2D eigenvalue weighted by molar-refractivity contribution is 6.00. The molecule has 0 bridgehead atoms. The second-order valence-corrected chi connectivity index (χ2v) is 3.54. The van der Waals surface area contributed by atoms with Crippen LogP contribution in [0.3, 0.4) is 0 Å². The van der Waals surface area contributed by atoms with Crippen LogP contribution >= 0.6 is 0 Å². The molecule has 1 aromatic carbocycles. The summed E-state index contributed by atoms with van der Waals surface area (Å²) in [4.78, 5) is 15.5. The molecule has 0 spiro atoms. The van der Waals surface area contributed by atoms with Gasteiger partial charge in [0.05, 0.1) is 11.7 Å². The molecule has 0 saturated heterocycles. The number of aromatic nitrogens is 3. The van der Waals surface area contributed by atoms with Crippen molar-refractivity contribution in [3.8, 4) is 5.69 Å². The van der Waals surface area contributed by atoms with Gasteiger partial charge in [0.2, 0.25) is 0 Å². The minimum atomic E-state index is -0.494. The van der Waals surface area contributed by atoms with E-state index in [0.29, 0.717) is 5.56 Å². The lowest BCUT2D eigenvalue weighted by molar-refractivity contribution is 0.0968. The largest absolute Gasteiger partial charge is 0.321 e. The Kier molecular flexibility index (Phi) is 2.78. The normalized spacial score (nSPS) is 12.4. The lowest BCUT2D eigenvalue weighted by Crippen LogP contribution is -2.26. The van der Waals surface area contributed by atoms with Crippen LogP contribution < -0.4 is 5.73 Å². The van der Waals surface area contributed by atoms with Crippen molar-refractivity contribution in [3.63, 3.8) is 0 Å². The molecule has 0 aliphatic heterocycles. The van der Waals surface area contributed by atoms with Crippen LogP contribution in [0.4, 0.5) is 0 Å². The number of carbonyl (C=O) groups is 1. The molecule has 0 fully saturated rings. The zero-order chi connectivity index (χ0) is 11.5. The van der Waals surface area contributed by atoms with Crippen LogP contribution in [0, 0.1) is 0 Å². The van der Waals surface area contributed by atoms with Crippen molar-refractivity contribution >= 4 is 5.78 Å². The maximum Gasteiger partial charge on any atom is 0.179 e. The van der Waals surface area contributed by atoms with Gasteiger partial charge in [-0.25, -0.2) is 9.67 Å². The van der Waals surface area contributed by atoms with E-state index in [4.69, 9.17) is 5.73 Å². The van der Waals surface area contributed by atoms with Gasteiger partial charge in [-0.05, 0) is 19.1 Å². The van der Waals surface area contributed by atoms with E-state index in [9.17, 15) is 4.79 Å². The minimum Gasteiger partial charge on any atom is -0.321 e. The van der Waals surface area contributed by atoms with E-state index in [1.165, 1.54) is 6.33 Å². The van der Waals surface area contributed by atoms with Gasteiger partial charge in [-0.1, -0.05) is 12.1 Å². The first kappa shape index (κ1) is 10.5. The molecule has 5 nitrogen and oxygen atoms in total. The van der Waals surface area contributed by atoms with Crippen molar-refractivity contribution < 1.29 is 4.79 Å². The fourth-order valence-corrected chi connectivity index (χ4v) is 1.41. The summed E-state index contributed by atoms with van der Waals surface area (Å²) in [6, 6.07) is 6.65. The maximum atomic E-state index is 11.7. The van der Waals surface area contributed by atoms with E-state index in [-0.39, 0.29) is 5.78 Å². The number of ketones is 1. The highest BCUT2D eigenvalue weighted by Gasteiger charge is 2.11. The lowest BCUT2D eigenvalue weighted by Gasteiger charge is -2.06. The number of hydrogen-bond acceptors (Lipinski definition) is 4. The van der Waals surface area contributed by atoms with Crippen LogP contribution in [0.2, 0.25) is 0 Å². The highest BCUT2D eigenvalue weighted by atomic mass is 16.1. The van der Waals surface area contributed by atoms with Crippen molar-refractivity contribution in [2.75, 3.05) is 0 Å². The summed E-state index contributed by atoms with van der Waals surface area (Å²) in [5.74, 6) is -0.0815. The zero-order valence-electron chi connectivity index (χ0n) is 8.87. The Hall–Kier alpha value is -2.01. The second-order valence-electron chi connectivity index (χ2n) is 3.54. The lowest BCUT2D eigenvalue weighted by atomic mass is 10.1. The van der Waals surface area contributed by atoms with E-state index < -0.39 is 6.04 Å². The average Bonchev–Trinajstić information content (AvgIpc) is 2.81. The molecule has 0 aliphatic rings. The van der Waals surface area contributed by atoms with Gasteiger partial charge in [-0.2, -0.15) is 5.10 Å². The summed E-state index contributed by atoms with van der Waals surface area (Å²) in [7, 11) is 0. The molecule has 2 rings (SSSR count). The van der Waals surface area contributed by atoms with Crippen molar-refractivity contribution in [2.24, 2.45) is 5.73 Å². The van der Waals surface area contributed by atoms with Gasteiger partial charge in [0.25, 0.3) is 0 Å². The van der Waals surface area contributed by atoms with Crippen LogP contribution in [0.5, 0.6) is 0 Å². The van der Waals surface area contributed by atoms with Gasteiger partial charge >= 0.3 is 0 Å². The highest BCUT2D eigenvalue weighted by Crippen LogP contribution is 2.10. The number of hydrogen-bond donors (Lipinski definition) is 1. The molecule has 1 aromatic heterocycles. The third kappa shape index (κ3) is 1.99. The third-order valence-electron chi connectivity index (χ3n) is 2.23. The molecule has 2 aromatic rings. The summed E-state index contributed by atoms with van der Waals surface area (Å²) in [5, 5.41) is 3.99. The maximum absolute atomic E-state index is 11.7. The summed E-state index contributed by atoms with van der Waals surface area (Å²) >= 11 is 0. The molecule has 0 amide bonds. The molecule has 0 aliphatic carbocycles. The number of nitrogens with zero attached hydrogens (tertiary/aromatic N) is 3. The molecule has 0 radical (unpaired) electrons. The van der Waals surface area contributed by atoms with Crippen molar-refractivity contribution in [3.05, 3.63) is 42.5 Å². The van der Waals surface area contributed by atoms with Crippen LogP contribution in [-0.2, 0) is 0 Å². The molecule has 1 atom stereocenters. The standard InChI is InChI=1S/C11H12N4O/c1-8(12)11(16)9-3-2-4-10(5-9)15-7-13-6-14-15/h2-8H,12H2,1H3. The first-order valence-electron chi connectivity index (χ1n) is 4.93. The predicted molar refractivity (Wildman–Crippen MR) is 59.3 cm³/mol. The molecule has 5 heteroatoms. The van der Waals surface area contributed by atoms with Crippen LogP contribution in [0.1, 0.15) is 17.3 Å². The van der Waals surface area contributed by atoms with E-state index in [2.05, 4.69) is 10.1 Å². The number of Topliss-reactive ketones (excluding diaryl/α,β-unsaturated/α-hetero) is 1. The average molecular weight is 216 g/mol. The van der Waals surface area contributed by atoms with Crippen molar-refractivity contribution in [2.45, 2.75) is 13.0 Å². The van der Waals surface area contributed by atoms with Crippen LogP contribution in [-0.4, -0.2) is 26.6 Å². The van der Waals surface area contributed by atoms with Crippen molar-refractivity contribution in [1.29, 1.82) is 0 Å². The third-order valence-corrected chi connectivity index (χ3v) is 2.23. The molecule has 2 N–H and O–H groups in total. The van der Waals surface area contributed by atoms with E-state index in [0.717, 1.165) is 5.69 Å². The number of carbonyl (C=O) groups excluding carboxylic acids is 1. The van der Waals surface area contributed by atoms with Gasteiger partial charge in [0, 0.05) is 5.56 Å². The van der Waals surface area contributed by atoms with Gasteiger partial charge in [-0.15, -0.1) is 0 Å². The first-order valence-corrected chi connectivity index (χ1v) is 4.93. The van der Waals surface area contributed by atoms with E-state index in [1.807, 2.05) is 6.07 Å². The second kappa shape index (κ2) is 4.24. The Morgan fingerprint density at radius 2 is 2.31 bits per heavy atom. The van der Waals surface area contributed by atoms with Gasteiger partial charge in [-0.3, -0.25) is 4.79 Å². The fourth-order valence-electron chi connectivity index (χ4n) is 1.41. The number of rotatable bonds is 3. The zero-order valence-corrected chi connectivity index (χ0v) is 8.87. The first-order chi connectivity index (χ1) is 7.68. The predicted octanol–water partition coefficient (Wildman–Crippen LogP) is 0.797. The van der Waals surface area contributed by atoms with Crippen LogP contribution in [0.25, 0.3) is 5.69 Å². The Balaban J connectivity index is 2.37. The quantitative estimate of drug-likeness (QED) is 0.770. The summed E-state index contributed by atoms with van der Waals surface area (Å²) in [5.41, 5.74) is 6.93. The Labute approximate surface area is 92.9 Å². The number of nitrogens with two attached hydrogens (primary N) is 1.